The van der Waals surface area contributed by atoms with Gasteiger partial charge in [0, 0.05) is 18.1 Å². The quantitative estimate of drug-likeness (QED) is 0.521. The van der Waals surface area contributed by atoms with Crippen molar-refractivity contribution in [3.05, 3.63) is 66.1 Å². The summed E-state index contributed by atoms with van der Waals surface area (Å²) in [4.78, 5) is 25.1. The number of aryl methyl sites for hydroxylation is 1. The number of imidazole rings is 1. The predicted octanol–water partition coefficient (Wildman–Crippen LogP) is 3.64. The first-order valence-electron chi connectivity index (χ1n) is 8.91. The number of methoxy groups -OCH3 is 2. The lowest BCUT2D eigenvalue weighted by Gasteiger charge is -2.08. The highest BCUT2D eigenvalue weighted by molar-refractivity contribution is 5.89. The van der Waals surface area contributed by atoms with E-state index in [1.54, 1.807) is 37.6 Å². The first-order chi connectivity index (χ1) is 14.1. The molecule has 0 saturated carbocycles. The van der Waals surface area contributed by atoms with Crippen LogP contribution in [0, 0.1) is 6.92 Å². The standard InChI is InChI=1S/C21H19N5O3/c1-13-18(26-12-4-5-17(28-2)19(26)23-13)16-10-11-22-21(25-16)24-15-8-6-14(7-9-15)20(27)29-3/h4-12H,1-3H3,(H,22,24,25). The van der Waals surface area contributed by atoms with Crippen molar-refractivity contribution in [3.8, 4) is 17.1 Å². The Morgan fingerprint density at radius 3 is 2.59 bits per heavy atom. The lowest BCUT2D eigenvalue weighted by atomic mass is 10.2. The molecule has 0 saturated heterocycles. The van der Waals surface area contributed by atoms with Gasteiger partial charge in [0.2, 0.25) is 5.95 Å². The molecule has 4 rings (SSSR count). The third-order valence-electron chi connectivity index (χ3n) is 4.47. The third kappa shape index (κ3) is 3.47. The van der Waals surface area contributed by atoms with E-state index in [4.69, 9.17) is 9.47 Å². The molecule has 0 unspecified atom stereocenters. The zero-order valence-corrected chi connectivity index (χ0v) is 16.2. The van der Waals surface area contributed by atoms with Gasteiger partial charge in [-0.2, -0.15) is 0 Å². The second-order valence-electron chi connectivity index (χ2n) is 6.28. The number of carbonyl (C=O) groups excluding carboxylic acids is 1. The van der Waals surface area contributed by atoms with Crippen molar-refractivity contribution >= 4 is 23.3 Å². The molecule has 0 aliphatic carbocycles. The van der Waals surface area contributed by atoms with Gasteiger partial charge < -0.3 is 14.8 Å². The van der Waals surface area contributed by atoms with Crippen LogP contribution < -0.4 is 10.1 Å². The number of rotatable bonds is 5. The zero-order chi connectivity index (χ0) is 20.4. The largest absolute Gasteiger partial charge is 0.493 e. The topological polar surface area (TPSA) is 90.6 Å². The molecule has 29 heavy (non-hydrogen) atoms. The van der Waals surface area contributed by atoms with Gasteiger partial charge in [-0.05, 0) is 49.4 Å². The predicted molar refractivity (Wildman–Crippen MR) is 109 cm³/mol. The second-order valence-corrected chi connectivity index (χ2v) is 6.28. The number of ether oxygens (including phenoxy) is 2. The Morgan fingerprint density at radius 2 is 1.86 bits per heavy atom. The van der Waals surface area contributed by atoms with Crippen molar-refractivity contribution in [3.63, 3.8) is 0 Å². The molecule has 0 atom stereocenters. The van der Waals surface area contributed by atoms with Gasteiger partial charge in [-0.15, -0.1) is 0 Å². The molecule has 0 aliphatic heterocycles. The van der Waals surface area contributed by atoms with E-state index < -0.39 is 0 Å². The van der Waals surface area contributed by atoms with Crippen molar-refractivity contribution in [1.29, 1.82) is 0 Å². The number of aromatic nitrogens is 4. The lowest BCUT2D eigenvalue weighted by molar-refractivity contribution is 0.0601. The van der Waals surface area contributed by atoms with Crippen LogP contribution in [0.5, 0.6) is 5.75 Å². The number of benzene rings is 1. The van der Waals surface area contributed by atoms with Gasteiger partial charge in [0.05, 0.1) is 36.9 Å². The average molecular weight is 389 g/mol. The van der Waals surface area contributed by atoms with Crippen molar-refractivity contribution in [2.75, 3.05) is 19.5 Å². The maximum atomic E-state index is 11.6. The molecule has 4 aromatic rings. The van der Waals surface area contributed by atoms with Crippen LogP contribution in [0.2, 0.25) is 0 Å². The third-order valence-corrected chi connectivity index (χ3v) is 4.47. The fraction of sp³-hybridized carbons (Fsp3) is 0.143. The first-order valence-corrected chi connectivity index (χ1v) is 8.91. The summed E-state index contributed by atoms with van der Waals surface area (Å²) in [6.45, 7) is 1.93. The Kier molecular flexibility index (Phi) is 4.82. The smallest absolute Gasteiger partial charge is 0.337 e. The zero-order valence-electron chi connectivity index (χ0n) is 16.2. The number of carbonyl (C=O) groups is 1. The van der Waals surface area contributed by atoms with E-state index >= 15 is 0 Å². The number of hydrogen-bond donors (Lipinski definition) is 1. The van der Waals surface area contributed by atoms with Gasteiger partial charge in [0.15, 0.2) is 11.4 Å². The summed E-state index contributed by atoms with van der Waals surface area (Å²) < 4.78 is 12.1. The lowest BCUT2D eigenvalue weighted by Crippen LogP contribution is -2.02. The highest BCUT2D eigenvalue weighted by atomic mass is 16.5. The molecule has 0 amide bonds. The number of pyridine rings is 1. The average Bonchev–Trinajstić information content (AvgIpc) is 3.09. The maximum absolute atomic E-state index is 11.6. The van der Waals surface area contributed by atoms with Crippen molar-refractivity contribution in [2.45, 2.75) is 6.92 Å². The Hall–Kier alpha value is -3.94. The van der Waals surface area contributed by atoms with Gasteiger partial charge in [-0.3, -0.25) is 4.40 Å². The normalized spacial score (nSPS) is 10.7. The summed E-state index contributed by atoms with van der Waals surface area (Å²) >= 11 is 0. The maximum Gasteiger partial charge on any atom is 0.337 e. The first kappa shape index (κ1) is 18.4. The number of nitrogens with zero attached hydrogens (tertiary/aromatic N) is 4. The van der Waals surface area contributed by atoms with Crippen LogP contribution in [-0.2, 0) is 4.74 Å². The summed E-state index contributed by atoms with van der Waals surface area (Å²) in [7, 11) is 2.97. The van der Waals surface area contributed by atoms with E-state index in [1.165, 1.54) is 7.11 Å². The Morgan fingerprint density at radius 1 is 1.07 bits per heavy atom. The van der Waals surface area contributed by atoms with Crippen LogP contribution >= 0.6 is 0 Å². The number of fused-ring (bicyclic) bond motifs is 1. The van der Waals surface area contributed by atoms with Gasteiger partial charge in [-0.1, -0.05) is 0 Å². The van der Waals surface area contributed by atoms with Crippen LogP contribution in [-0.4, -0.2) is 39.5 Å². The Labute approximate surface area is 167 Å². The Bertz CT molecular complexity index is 1180. The van der Waals surface area contributed by atoms with Crippen molar-refractivity contribution in [2.24, 2.45) is 0 Å². The van der Waals surface area contributed by atoms with E-state index in [-0.39, 0.29) is 5.97 Å². The Balaban J connectivity index is 1.67. The van der Waals surface area contributed by atoms with Crippen LogP contribution in [0.15, 0.2) is 54.9 Å². The van der Waals surface area contributed by atoms with Crippen molar-refractivity contribution < 1.29 is 14.3 Å². The highest BCUT2D eigenvalue weighted by Gasteiger charge is 2.15. The molecule has 146 valence electrons. The SMILES string of the molecule is COC(=O)c1ccc(Nc2nccc(-c3c(C)nc4c(OC)cccn34)n2)cc1. The molecule has 0 aliphatic rings. The second kappa shape index (κ2) is 7.59. The molecule has 0 fully saturated rings. The molecule has 8 nitrogen and oxygen atoms in total. The van der Waals surface area contributed by atoms with Crippen molar-refractivity contribution in [1.82, 2.24) is 19.4 Å². The number of esters is 1. The monoisotopic (exact) mass is 389 g/mol. The highest BCUT2D eigenvalue weighted by Crippen LogP contribution is 2.28. The van der Waals surface area contributed by atoms with Crippen LogP contribution in [0.1, 0.15) is 16.1 Å². The molecule has 1 N–H and O–H groups in total. The van der Waals surface area contributed by atoms with Crippen LogP contribution in [0.4, 0.5) is 11.6 Å². The van der Waals surface area contributed by atoms with E-state index in [0.717, 1.165) is 28.4 Å². The van der Waals surface area contributed by atoms with Gasteiger partial charge in [0.25, 0.3) is 0 Å². The summed E-state index contributed by atoms with van der Waals surface area (Å²) in [5.74, 6) is 0.749. The summed E-state index contributed by atoms with van der Waals surface area (Å²) in [6.07, 6.45) is 3.61. The molecule has 1 aromatic carbocycles. The van der Waals surface area contributed by atoms with E-state index in [1.807, 2.05) is 35.7 Å². The summed E-state index contributed by atoms with van der Waals surface area (Å²) in [6, 6.07) is 12.5. The molecule has 0 spiro atoms. The fourth-order valence-electron chi connectivity index (χ4n) is 3.11. The molecular weight excluding hydrogens is 370 g/mol. The minimum absolute atomic E-state index is 0.381. The number of nitrogens with one attached hydrogen (secondary N) is 1. The molecule has 3 heterocycles. The van der Waals surface area contributed by atoms with E-state index in [2.05, 4.69) is 20.3 Å². The summed E-state index contributed by atoms with van der Waals surface area (Å²) in [5, 5.41) is 3.15. The minimum atomic E-state index is -0.381. The van der Waals surface area contributed by atoms with Gasteiger partial charge >= 0.3 is 5.97 Å². The summed E-state index contributed by atoms with van der Waals surface area (Å²) in [5.41, 5.74) is 4.39. The van der Waals surface area contributed by atoms with E-state index in [0.29, 0.717) is 17.3 Å². The molecular formula is C21H19N5O3. The molecule has 0 bridgehead atoms. The fourth-order valence-corrected chi connectivity index (χ4v) is 3.11. The van der Waals surface area contributed by atoms with Crippen LogP contribution in [0.25, 0.3) is 17.0 Å². The molecule has 8 heteroatoms. The van der Waals surface area contributed by atoms with Gasteiger partial charge in [-0.25, -0.2) is 19.7 Å². The number of hydrogen-bond acceptors (Lipinski definition) is 7. The molecule has 0 radical (unpaired) electrons. The van der Waals surface area contributed by atoms with E-state index in [9.17, 15) is 4.79 Å². The van der Waals surface area contributed by atoms with Gasteiger partial charge in [0.1, 0.15) is 0 Å². The minimum Gasteiger partial charge on any atom is -0.493 e. The number of anilines is 2. The molecule has 3 aromatic heterocycles. The van der Waals surface area contributed by atoms with Crippen LogP contribution in [0.3, 0.4) is 0 Å².